The van der Waals surface area contributed by atoms with Crippen LogP contribution < -0.4 is 16.0 Å². The summed E-state index contributed by atoms with van der Waals surface area (Å²) >= 11 is 3.90. The van der Waals surface area contributed by atoms with Gasteiger partial charge in [0.2, 0.25) is 16.2 Å². The number of hydrogen-bond donors (Lipinski definition) is 3. The van der Waals surface area contributed by atoms with E-state index in [-0.39, 0.29) is 22.9 Å². The summed E-state index contributed by atoms with van der Waals surface area (Å²) in [6.07, 6.45) is 1.28. The van der Waals surface area contributed by atoms with Crippen molar-refractivity contribution in [2.45, 2.75) is 17.0 Å². The molecule has 0 aliphatic carbocycles. The van der Waals surface area contributed by atoms with Crippen LogP contribution in [-0.2, 0) is 9.59 Å². The Morgan fingerprint density at radius 3 is 2.50 bits per heavy atom. The van der Waals surface area contributed by atoms with Gasteiger partial charge in [0, 0.05) is 33.2 Å². The predicted octanol–water partition coefficient (Wildman–Crippen LogP) is 5.93. The summed E-state index contributed by atoms with van der Waals surface area (Å²) in [6, 6.07) is 21.3. The maximum absolute atomic E-state index is 14.3. The Bertz CT molecular complexity index is 1530. The normalized spacial score (nSPS) is 11.1. The van der Waals surface area contributed by atoms with Crippen molar-refractivity contribution in [3.63, 3.8) is 0 Å². The van der Waals surface area contributed by atoms with Crippen LogP contribution in [0.3, 0.4) is 0 Å². The smallest absolute Gasteiger partial charge is 0.272 e. The number of anilines is 2. The quantitative estimate of drug-likeness (QED) is 0.146. The molecule has 3 aromatic carbocycles. The zero-order valence-electron chi connectivity index (χ0n) is 21.2. The van der Waals surface area contributed by atoms with Crippen LogP contribution in [0.5, 0.6) is 0 Å². The highest BCUT2D eigenvalue weighted by Crippen LogP contribution is 2.24. The summed E-state index contributed by atoms with van der Waals surface area (Å²) in [5, 5.41) is 9.14. The van der Waals surface area contributed by atoms with Crippen LogP contribution in [0, 0.1) is 5.82 Å². The van der Waals surface area contributed by atoms with E-state index in [0.29, 0.717) is 21.5 Å². The molecule has 0 radical (unpaired) electrons. The SMILES string of the molecule is CCSc1nsc(NC(=O)CSc2cccc(NC(=O)/C(=C/c3ccccc3F)NC(=O)c3ccccc3)c2)n1. The van der Waals surface area contributed by atoms with Crippen LogP contribution in [0.15, 0.2) is 94.6 Å². The second-order valence-electron chi connectivity index (χ2n) is 8.03. The van der Waals surface area contributed by atoms with E-state index >= 15 is 0 Å². The maximum Gasteiger partial charge on any atom is 0.272 e. The number of aromatic nitrogens is 2. The van der Waals surface area contributed by atoms with Gasteiger partial charge in [-0.2, -0.15) is 9.36 Å². The summed E-state index contributed by atoms with van der Waals surface area (Å²) in [4.78, 5) is 43.4. The van der Waals surface area contributed by atoms with Gasteiger partial charge in [0.1, 0.15) is 11.5 Å². The van der Waals surface area contributed by atoms with Gasteiger partial charge in [-0.3, -0.25) is 19.7 Å². The molecule has 0 unspecified atom stereocenters. The van der Waals surface area contributed by atoms with Gasteiger partial charge in [0.15, 0.2) is 0 Å². The molecule has 4 aromatic rings. The minimum absolute atomic E-state index is 0.124. The molecule has 1 aromatic heterocycles. The average molecular weight is 594 g/mol. The van der Waals surface area contributed by atoms with E-state index in [1.807, 2.05) is 13.0 Å². The van der Waals surface area contributed by atoms with Crippen LogP contribution in [0.2, 0.25) is 0 Å². The number of benzene rings is 3. The third-order valence-corrected chi connectivity index (χ3v) is 7.59. The topological polar surface area (TPSA) is 113 Å². The predicted molar refractivity (Wildman–Crippen MR) is 159 cm³/mol. The van der Waals surface area contributed by atoms with E-state index in [4.69, 9.17) is 0 Å². The summed E-state index contributed by atoms with van der Waals surface area (Å²) < 4.78 is 18.5. The van der Waals surface area contributed by atoms with Crippen molar-refractivity contribution < 1.29 is 18.8 Å². The number of carbonyl (C=O) groups excluding carboxylic acids is 3. The molecule has 8 nitrogen and oxygen atoms in total. The summed E-state index contributed by atoms with van der Waals surface area (Å²) in [7, 11) is 0. The Balaban J connectivity index is 1.43. The minimum atomic E-state index is -0.635. The molecular weight excluding hydrogens is 570 g/mol. The van der Waals surface area contributed by atoms with Gasteiger partial charge in [-0.05, 0) is 48.2 Å². The third kappa shape index (κ3) is 8.50. The number of thioether (sulfide) groups is 2. The second-order valence-corrected chi connectivity index (χ2v) is 11.1. The molecule has 12 heteroatoms. The molecule has 3 N–H and O–H groups in total. The molecule has 0 saturated carbocycles. The van der Waals surface area contributed by atoms with E-state index in [9.17, 15) is 18.8 Å². The first-order chi connectivity index (χ1) is 19.4. The van der Waals surface area contributed by atoms with E-state index < -0.39 is 17.6 Å². The zero-order chi connectivity index (χ0) is 28.3. The molecule has 1 heterocycles. The lowest BCUT2D eigenvalue weighted by atomic mass is 10.1. The largest absolute Gasteiger partial charge is 0.321 e. The number of rotatable bonds is 11. The van der Waals surface area contributed by atoms with Crippen LogP contribution in [-0.4, -0.2) is 38.6 Å². The highest BCUT2D eigenvalue weighted by molar-refractivity contribution is 8.00. The lowest BCUT2D eigenvalue weighted by Crippen LogP contribution is -2.30. The Kier molecular flexibility index (Phi) is 10.4. The van der Waals surface area contributed by atoms with Crippen molar-refractivity contribution in [2.24, 2.45) is 0 Å². The number of halogens is 1. The van der Waals surface area contributed by atoms with Crippen molar-refractivity contribution >= 4 is 69.7 Å². The molecule has 0 bridgehead atoms. The summed E-state index contributed by atoms with van der Waals surface area (Å²) in [6.45, 7) is 2.00. The van der Waals surface area contributed by atoms with Gasteiger partial charge in [-0.1, -0.05) is 61.2 Å². The maximum atomic E-state index is 14.3. The number of amides is 3. The zero-order valence-corrected chi connectivity index (χ0v) is 23.7. The van der Waals surface area contributed by atoms with E-state index in [1.54, 1.807) is 54.6 Å². The molecule has 0 aliphatic rings. The first kappa shape index (κ1) is 29.0. The highest BCUT2D eigenvalue weighted by atomic mass is 32.2. The number of nitrogens with one attached hydrogen (secondary N) is 3. The Hall–Kier alpha value is -4.00. The lowest BCUT2D eigenvalue weighted by molar-refractivity contribution is -0.114. The second kappa shape index (κ2) is 14.4. The Morgan fingerprint density at radius 1 is 0.950 bits per heavy atom. The van der Waals surface area contributed by atoms with Gasteiger partial charge in [-0.15, -0.1) is 11.8 Å². The molecule has 0 saturated heterocycles. The van der Waals surface area contributed by atoms with Gasteiger partial charge >= 0.3 is 0 Å². The van der Waals surface area contributed by atoms with Crippen molar-refractivity contribution in [1.82, 2.24) is 14.7 Å². The Labute approximate surface area is 243 Å². The fraction of sp³-hybridized carbons (Fsp3) is 0.107. The van der Waals surface area contributed by atoms with E-state index in [0.717, 1.165) is 22.2 Å². The van der Waals surface area contributed by atoms with Crippen molar-refractivity contribution in [1.29, 1.82) is 0 Å². The molecule has 0 fully saturated rings. The minimum Gasteiger partial charge on any atom is -0.321 e. The van der Waals surface area contributed by atoms with Crippen molar-refractivity contribution in [3.8, 4) is 0 Å². The van der Waals surface area contributed by atoms with E-state index in [2.05, 4.69) is 25.3 Å². The van der Waals surface area contributed by atoms with Crippen LogP contribution >= 0.6 is 35.1 Å². The standard InChI is InChI=1S/C28H24FN5O3S3/c1-2-38-28-33-27(40-34-28)32-24(35)17-39-21-13-8-12-20(16-21)30-26(37)23(15-19-11-6-7-14-22(19)29)31-25(36)18-9-4-3-5-10-18/h3-16H,2,17H2,1H3,(H,30,37)(H,31,36)(H,32,33,34,35)/b23-15-. The van der Waals surface area contributed by atoms with Crippen LogP contribution in [0.1, 0.15) is 22.8 Å². The lowest BCUT2D eigenvalue weighted by Gasteiger charge is -2.12. The summed E-state index contributed by atoms with van der Waals surface area (Å²) in [5.41, 5.74) is 0.802. The number of hydrogen-bond acceptors (Lipinski definition) is 8. The van der Waals surface area contributed by atoms with Crippen molar-refractivity contribution in [3.05, 3.63) is 102 Å². The van der Waals surface area contributed by atoms with Gasteiger partial charge in [0.05, 0.1) is 5.75 Å². The molecule has 3 amide bonds. The molecule has 0 aliphatic heterocycles. The first-order valence-corrected chi connectivity index (χ1v) is 14.8. The number of nitrogens with zero attached hydrogens (tertiary/aromatic N) is 2. The number of carbonyl (C=O) groups is 3. The average Bonchev–Trinajstić information content (AvgIpc) is 3.40. The van der Waals surface area contributed by atoms with E-state index in [1.165, 1.54) is 47.8 Å². The van der Waals surface area contributed by atoms with Crippen molar-refractivity contribution in [2.75, 3.05) is 22.1 Å². The molecule has 0 spiro atoms. The summed E-state index contributed by atoms with van der Waals surface area (Å²) in [5.74, 6) is -0.950. The van der Waals surface area contributed by atoms with Crippen LogP contribution in [0.25, 0.3) is 6.08 Å². The van der Waals surface area contributed by atoms with Gasteiger partial charge < -0.3 is 10.6 Å². The fourth-order valence-corrected chi connectivity index (χ4v) is 5.35. The molecule has 204 valence electrons. The molecular formula is C28H24FN5O3S3. The first-order valence-electron chi connectivity index (χ1n) is 12.0. The monoisotopic (exact) mass is 593 g/mol. The molecule has 40 heavy (non-hydrogen) atoms. The van der Waals surface area contributed by atoms with Crippen LogP contribution in [0.4, 0.5) is 15.2 Å². The van der Waals surface area contributed by atoms with Gasteiger partial charge in [-0.25, -0.2) is 4.39 Å². The molecule has 0 atom stereocenters. The third-order valence-electron chi connectivity index (χ3n) is 5.12. The fourth-order valence-electron chi connectivity index (χ4n) is 3.30. The Morgan fingerprint density at radius 2 is 1.73 bits per heavy atom. The van der Waals surface area contributed by atoms with Gasteiger partial charge in [0.25, 0.3) is 11.8 Å². The highest BCUT2D eigenvalue weighted by Gasteiger charge is 2.16. The molecule has 4 rings (SSSR count).